The molecule has 0 aromatic heterocycles. The van der Waals surface area contributed by atoms with E-state index >= 15 is 0 Å². The molecule has 0 radical (unpaired) electrons. The smallest absolute Gasteiger partial charge is 0.0745 e. The van der Waals surface area contributed by atoms with E-state index in [0.717, 1.165) is 0 Å². The summed E-state index contributed by atoms with van der Waals surface area (Å²) in [5.74, 6) is 0. The summed E-state index contributed by atoms with van der Waals surface area (Å²) < 4.78 is 9.89. The van der Waals surface area contributed by atoms with Crippen LogP contribution >= 0.6 is 0 Å². The van der Waals surface area contributed by atoms with Crippen LogP contribution < -0.4 is 0 Å². The van der Waals surface area contributed by atoms with Crippen LogP contribution in [0.1, 0.15) is 6.92 Å². The predicted molar refractivity (Wildman–Crippen MR) is 40.4 cm³/mol. The lowest BCUT2D eigenvalue weighted by molar-refractivity contribution is 0.00292. The molecular formula is C7H16O4. The highest BCUT2D eigenvalue weighted by Gasteiger charge is 1.94. The van der Waals surface area contributed by atoms with Gasteiger partial charge in [-0.15, -0.1) is 0 Å². The van der Waals surface area contributed by atoms with Crippen LogP contribution in [0.3, 0.4) is 0 Å². The maximum atomic E-state index is 8.75. The van der Waals surface area contributed by atoms with Crippen LogP contribution in [0.15, 0.2) is 0 Å². The molecule has 0 saturated carbocycles. The van der Waals surface area contributed by atoms with Crippen LogP contribution in [0.2, 0.25) is 0 Å². The molecule has 0 aliphatic heterocycles. The maximum absolute atomic E-state index is 8.75. The Morgan fingerprint density at radius 2 is 1.82 bits per heavy atom. The van der Waals surface area contributed by atoms with Crippen LogP contribution in [-0.2, 0) is 9.47 Å². The molecule has 4 nitrogen and oxygen atoms in total. The van der Waals surface area contributed by atoms with E-state index in [1.807, 2.05) is 0 Å². The van der Waals surface area contributed by atoms with Crippen molar-refractivity contribution in [2.24, 2.45) is 0 Å². The summed E-state index contributed by atoms with van der Waals surface area (Å²) in [4.78, 5) is 0. The quantitative estimate of drug-likeness (QED) is 0.493. The minimum absolute atomic E-state index is 0.0381. The van der Waals surface area contributed by atoms with Gasteiger partial charge < -0.3 is 19.7 Å². The highest BCUT2D eigenvalue weighted by atomic mass is 16.5. The average Bonchev–Trinajstić information content (AvgIpc) is 1.96. The van der Waals surface area contributed by atoms with E-state index in [0.29, 0.717) is 26.4 Å². The standard InChI is InChI=1S/C7H16O4/c1-7(9)6-11-5-4-10-3-2-8/h7-9H,2-6H2,1H3/t7-/m0/s1. The Labute approximate surface area is 66.7 Å². The first kappa shape index (κ1) is 10.8. The Hall–Kier alpha value is -0.160. The SMILES string of the molecule is C[C@H](O)COCCOCCO. The molecule has 0 aliphatic rings. The minimum atomic E-state index is -0.423. The first-order valence-electron chi connectivity index (χ1n) is 3.71. The lowest BCUT2D eigenvalue weighted by atomic mass is 10.4. The van der Waals surface area contributed by atoms with Gasteiger partial charge in [0, 0.05) is 0 Å². The summed E-state index contributed by atoms with van der Waals surface area (Å²) in [6, 6.07) is 0. The zero-order valence-corrected chi connectivity index (χ0v) is 6.82. The van der Waals surface area contributed by atoms with Crippen molar-refractivity contribution < 1.29 is 19.7 Å². The number of hydrogen-bond donors (Lipinski definition) is 2. The maximum Gasteiger partial charge on any atom is 0.0745 e. The van der Waals surface area contributed by atoms with E-state index in [1.54, 1.807) is 6.92 Å². The third kappa shape index (κ3) is 9.84. The Bertz CT molecular complexity index is 74.8. The molecule has 0 aromatic rings. The number of aliphatic hydroxyl groups excluding tert-OH is 2. The van der Waals surface area contributed by atoms with E-state index < -0.39 is 6.10 Å². The van der Waals surface area contributed by atoms with Gasteiger partial charge in [-0.25, -0.2) is 0 Å². The Kier molecular flexibility index (Phi) is 7.83. The van der Waals surface area contributed by atoms with Crippen LogP contribution in [0.4, 0.5) is 0 Å². The van der Waals surface area contributed by atoms with Crippen LogP contribution in [0.25, 0.3) is 0 Å². The third-order valence-electron chi connectivity index (χ3n) is 0.967. The van der Waals surface area contributed by atoms with Gasteiger partial charge in [-0.05, 0) is 6.92 Å². The van der Waals surface area contributed by atoms with Gasteiger partial charge in [-0.1, -0.05) is 0 Å². The molecule has 2 N–H and O–H groups in total. The molecule has 4 heteroatoms. The van der Waals surface area contributed by atoms with Gasteiger partial charge in [0.1, 0.15) is 0 Å². The van der Waals surface area contributed by atoms with Gasteiger partial charge in [0.25, 0.3) is 0 Å². The molecule has 0 amide bonds. The fourth-order valence-corrected chi connectivity index (χ4v) is 0.538. The molecule has 11 heavy (non-hydrogen) atoms. The fourth-order valence-electron chi connectivity index (χ4n) is 0.538. The summed E-state index contributed by atoms with van der Waals surface area (Å²) >= 11 is 0. The molecule has 1 atom stereocenters. The van der Waals surface area contributed by atoms with Crippen molar-refractivity contribution in [3.8, 4) is 0 Å². The van der Waals surface area contributed by atoms with Gasteiger partial charge in [-0.2, -0.15) is 0 Å². The molecule has 0 bridgehead atoms. The van der Waals surface area contributed by atoms with E-state index in [-0.39, 0.29) is 6.61 Å². The van der Waals surface area contributed by atoms with Gasteiger partial charge in [0.05, 0.1) is 39.1 Å². The zero-order valence-electron chi connectivity index (χ0n) is 6.82. The molecule has 0 spiro atoms. The van der Waals surface area contributed by atoms with E-state index in [1.165, 1.54) is 0 Å². The Morgan fingerprint density at radius 3 is 2.36 bits per heavy atom. The molecule has 0 saturated heterocycles. The number of ether oxygens (including phenoxy) is 2. The third-order valence-corrected chi connectivity index (χ3v) is 0.967. The van der Waals surface area contributed by atoms with E-state index in [9.17, 15) is 0 Å². The topological polar surface area (TPSA) is 58.9 Å². The summed E-state index contributed by atoms with van der Waals surface area (Å²) in [5, 5.41) is 17.1. The van der Waals surface area contributed by atoms with Gasteiger partial charge in [0.2, 0.25) is 0 Å². The molecule has 0 aromatic carbocycles. The predicted octanol–water partition coefficient (Wildman–Crippen LogP) is -0.607. The summed E-state index contributed by atoms with van der Waals surface area (Å²) in [6.45, 7) is 3.31. The number of rotatable bonds is 7. The summed E-state index contributed by atoms with van der Waals surface area (Å²) in [6.07, 6.45) is -0.423. The van der Waals surface area contributed by atoms with Gasteiger partial charge in [-0.3, -0.25) is 0 Å². The molecule has 0 unspecified atom stereocenters. The first-order valence-corrected chi connectivity index (χ1v) is 3.71. The highest BCUT2D eigenvalue weighted by molar-refractivity contribution is 4.40. The zero-order chi connectivity index (χ0) is 8.53. The lowest BCUT2D eigenvalue weighted by Crippen LogP contribution is -2.14. The second kappa shape index (κ2) is 7.94. The molecule has 0 fully saturated rings. The minimum Gasteiger partial charge on any atom is -0.394 e. The van der Waals surface area contributed by atoms with Gasteiger partial charge in [0.15, 0.2) is 0 Å². The normalized spacial score (nSPS) is 13.4. The molecule has 0 heterocycles. The van der Waals surface area contributed by atoms with Crippen molar-refractivity contribution in [3.63, 3.8) is 0 Å². The van der Waals surface area contributed by atoms with Gasteiger partial charge >= 0.3 is 0 Å². The monoisotopic (exact) mass is 164 g/mol. The van der Waals surface area contributed by atoms with Crippen LogP contribution in [0.5, 0.6) is 0 Å². The molecular weight excluding hydrogens is 148 g/mol. The van der Waals surface area contributed by atoms with Crippen molar-refractivity contribution in [1.29, 1.82) is 0 Å². The van der Waals surface area contributed by atoms with Crippen molar-refractivity contribution in [3.05, 3.63) is 0 Å². The first-order chi connectivity index (χ1) is 5.27. The lowest BCUT2D eigenvalue weighted by Gasteiger charge is -2.05. The largest absolute Gasteiger partial charge is 0.394 e. The molecule has 0 rings (SSSR count). The van der Waals surface area contributed by atoms with Crippen molar-refractivity contribution in [2.45, 2.75) is 13.0 Å². The van der Waals surface area contributed by atoms with E-state index in [2.05, 4.69) is 0 Å². The molecule has 0 aliphatic carbocycles. The van der Waals surface area contributed by atoms with Crippen LogP contribution in [-0.4, -0.2) is 49.4 Å². The summed E-state index contributed by atoms with van der Waals surface area (Å²) in [7, 11) is 0. The number of aliphatic hydroxyl groups is 2. The number of hydrogen-bond acceptors (Lipinski definition) is 4. The fraction of sp³-hybridized carbons (Fsp3) is 1.00. The molecule has 68 valence electrons. The Balaban J connectivity index is 2.80. The van der Waals surface area contributed by atoms with Crippen molar-refractivity contribution >= 4 is 0 Å². The van der Waals surface area contributed by atoms with Crippen molar-refractivity contribution in [2.75, 3.05) is 33.0 Å². The van der Waals surface area contributed by atoms with E-state index in [4.69, 9.17) is 19.7 Å². The highest BCUT2D eigenvalue weighted by Crippen LogP contribution is 1.83. The average molecular weight is 164 g/mol. The second-order valence-electron chi connectivity index (χ2n) is 2.26. The second-order valence-corrected chi connectivity index (χ2v) is 2.26. The summed E-state index contributed by atoms with van der Waals surface area (Å²) in [5.41, 5.74) is 0. The van der Waals surface area contributed by atoms with Crippen molar-refractivity contribution in [1.82, 2.24) is 0 Å². The Morgan fingerprint density at radius 1 is 1.18 bits per heavy atom. The van der Waals surface area contributed by atoms with Crippen LogP contribution in [0, 0.1) is 0 Å².